The van der Waals surface area contributed by atoms with E-state index in [1.54, 1.807) is 6.92 Å². The maximum absolute atomic E-state index is 11.1. The van der Waals surface area contributed by atoms with Crippen LogP contribution in [0.4, 0.5) is 0 Å². The number of ether oxygens (including phenoxy) is 1. The third-order valence-corrected chi connectivity index (χ3v) is 1.49. The van der Waals surface area contributed by atoms with Crippen molar-refractivity contribution in [3.63, 3.8) is 0 Å². The van der Waals surface area contributed by atoms with Gasteiger partial charge in [0.25, 0.3) is 5.91 Å². The van der Waals surface area contributed by atoms with Crippen LogP contribution in [0.25, 0.3) is 0 Å². The molecule has 1 atom stereocenters. The standard InChI is InChI=1S/C6H9N3O3S/c1-2-12-5(11)3-4(10)7-6(13)9-8-3/h6,9,13H,2H2,1H3,(H,7,10). The molecule has 13 heavy (non-hydrogen) atoms. The van der Waals surface area contributed by atoms with E-state index in [1.165, 1.54) is 0 Å². The van der Waals surface area contributed by atoms with E-state index in [0.717, 1.165) is 0 Å². The summed E-state index contributed by atoms with van der Waals surface area (Å²) in [5.41, 5.74) is 1.57. The van der Waals surface area contributed by atoms with E-state index in [1.807, 2.05) is 0 Å². The minimum Gasteiger partial charge on any atom is -0.461 e. The van der Waals surface area contributed by atoms with Gasteiger partial charge in [0.15, 0.2) is 5.50 Å². The Morgan fingerprint density at radius 1 is 1.77 bits per heavy atom. The number of carbonyl (C=O) groups is 2. The van der Waals surface area contributed by atoms with Crippen molar-refractivity contribution >= 4 is 30.2 Å². The summed E-state index contributed by atoms with van der Waals surface area (Å²) in [5, 5.41) is 5.86. The Kier molecular flexibility index (Phi) is 3.13. The number of carbonyl (C=O) groups excluding carboxylic acids is 2. The molecule has 1 rings (SSSR count). The van der Waals surface area contributed by atoms with Gasteiger partial charge in [0.1, 0.15) is 0 Å². The summed E-state index contributed by atoms with van der Waals surface area (Å²) in [5.74, 6) is -1.33. The quantitative estimate of drug-likeness (QED) is 0.390. The molecule has 1 amide bonds. The van der Waals surface area contributed by atoms with Crippen LogP contribution >= 0.6 is 12.6 Å². The largest absolute Gasteiger partial charge is 0.461 e. The predicted octanol–water partition coefficient (Wildman–Crippen LogP) is -1.16. The summed E-state index contributed by atoms with van der Waals surface area (Å²) in [4.78, 5) is 22.1. The van der Waals surface area contributed by atoms with E-state index in [-0.39, 0.29) is 12.3 Å². The molecular weight excluding hydrogens is 194 g/mol. The molecular formula is C6H9N3O3S. The first kappa shape index (κ1) is 9.85. The molecule has 0 spiro atoms. The van der Waals surface area contributed by atoms with E-state index < -0.39 is 17.4 Å². The molecule has 7 heteroatoms. The van der Waals surface area contributed by atoms with Crippen LogP contribution in [0.2, 0.25) is 0 Å². The van der Waals surface area contributed by atoms with Crippen LogP contribution in [0, 0.1) is 0 Å². The lowest BCUT2D eigenvalue weighted by atomic mass is 10.3. The van der Waals surface area contributed by atoms with Gasteiger partial charge < -0.3 is 10.1 Å². The normalized spacial score (nSPS) is 21.2. The lowest BCUT2D eigenvalue weighted by Gasteiger charge is -2.18. The minimum absolute atomic E-state index is 0.204. The van der Waals surface area contributed by atoms with Gasteiger partial charge in [0, 0.05) is 0 Å². The molecule has 0 aromatic heterocycles. The van der Waals surface area contributed by atoms with Crippen molar-refractivity contribution in [1.82, 2.24) is 10.7 Å². The van der Waals surface area contributed by atoms with Crippen molar-refractivity contribution < 1.29 is 14.3 Å². The Balaban J connectivity index is 2.69. The SMILES string of the molecule is CCOC(=O)C1=NNC(S)NC1=O. The summed E-state index contributed by atoms with van der Waals surface area (Å²) in [6.45, 7) is 1.85. The first-order valence-corrected chi connectivity index (χ1v) is 4.16. The van der Waals surface area contributed by atoms with Gasteiger partial charge in [0.2, 0.25) is 5.71 Å². The zero-order valence-electron chi connectivity index (χ0n) is 6.90. The molecule has 6 nitrogen and oxygen atoms in total. The summed E-state index contributed by atoms with van der Waals surface area (Å²) in [6.07, 6.45) is 0. The molecule has 0 saturated carbocycles. The van der Waals surface area contributed by atoms with Gasteiger partial charge >= 0.3 is 5.97 Å². The fourth-order valence-corrected chi connectivity index (χ4v) is 0.914. The van der Waals surface area contributed by atoms with E-state index in [2.05, 4.69) is 33.2 Å². The van der Waals surface area contributed by atoms with Crippen molar-refractivity contribution in [3.8, 4) is 0 Å². The van der Waals surface area contributed by atoms with Crippen molar-refractivity contribution in [3.05, 3.63) is 0 Å². The predicted molar refractivity (Wildman–Crippen MR) is 48.1 cm³/mol. The van der Waals surface area contributed by atoms with E-state index in [4.69, 9.17) is 0 Å². The van der Waals surface area contributed by atoms with Gasteiger partial charge in [-0.3, -0.25) is 10.2 Å². The highest BCUT2D eigenvalue weighted by Crippen LogP contribution is 1.95. The molecule has 0 saturated heterocycles. The average Bonchev–Trinajstić information content (AvgIpc) is 2.04. The number of hydrogen-bond donors (Lipinski definition) is 3. The third kappa shape index (κ3) is 2.35. The molecule has 1 aliphatic heterocycles. The number of amides is 1. The fourth-order valence-electron chi connectivity index (χ4n) is 0.739. The lowest BCUT2D eigenvalue weighted by molar-refractivity contribution is -0.136. The van der Waals surface area contributed by atoms with E-state index in [0.29, 0.717) is 0 Å². The minimum atomic E-state index is -0.743. The van der Waals surface area contributed by atoms with Gasteiger partial charge in [-0.1, -0.05) is 0 Å². The zero-order valence-corrected chi connectivity index (χ0v) is 7.80. The summed E-state index contributed by atoms with van der Waals surface area (Å²) in [7, 11) is 0. The number of nitrogens with zero attached hydrogens (tertiary/aromatic N) is 1. The van der Waals surface area contributed by atoms with Crippen LogP contribution in [0.5, 0.6) is 0 Å². The fraction of sp³-hybridized carbons (Fsp3) is 0.500. The highest BCUT2D eigenvalue weighted by Gasteiger charge is 2.26. The van der Waals surface area contributed by atoms with Crippen molar-refractivity contribution in [2.75, 3.05) is 6.61 Å². The van der Waals surface area contributed by atoms with Gasteiger partial charge in [-0.05, 0) is 6.92 Å². The van der Waals surface area contributed by atoms with Gasteiger partial charge in [-0.25, -0.2) is 4.79 Å². The Hall–Kier alpha value is -1.24. The molecule has 0 bridgehead atoms. The Bertz CT molecular complexity index is 266. The maximum Gasteiger partial charge on any atom is 0.364 e. The summed E-state index contributed by atoms with van der Waals surface area (Å²) < 4.78 is 4.59. The van der Waals surface area contributed by atoms with E-state index in [9.17, 15) is 9.59 Å². The first-order valence-electron chi connectivity index (χ1n) is 3.64. The monoisotopic (exact) mass is 203 g/mol. The van der Waals surface area contributed by atoms with Crippen LogP contribution in [0.15, 0.2) is 5.10 Å². The van der Waals surface area contributed by atoms with Crippen LogP contribution in [-0.4, -0.2) is 29.7 Å². The Morgan fingerprint density at radius 3 is 3.00 bits per heavy atom. The molecule has 1 aliphatic rings. The molecule has 0 aromatic carbocycles. The molecule has 0 fully saturated rings. The molecule has 1 unspecified atom stereocenters. The molecule has 1 heterocycles. The second-order valence-electron chi connectivity index (χ2n) is 2.19. The maximum atomic E-state index is 11.1. The van der Waals surface area contributed by atoms with Crippen molar-refractivity contribution in [1.29, 1.82) is 0 Å². The highest BCUT2D eigenvalue weighted by molar-refractivity contribution is 7.80. The zero-order chi connectivity index (χ0) is 9.84. The first-order chi connectivity index (χ1) is 6.15. The Labute approximate surface area is 80.1 Å². The van der Waals surface area contributed by atoms with Crippen LogP contribution in [0.1, 0.15) is 6.92 Å². The number of hydrogen-bond acceptors (Lipinski definition) is 6. The number of rotatable bonds is 2. The van der Waals surface area contributed by atoms with Crippen LogP contribution in [-0.2, 0) is 14.3 Å². The molecule has 0 aliphatic carbocycles. The average molecular weight is 203 g/mol. The molecule has 72 valence electrons. The number of thiol groups is 1. The van der Waals surface area contributed by atoms with Crippen molar-refractivity contribution in [2.45, 2.75) is 12.4 Å². The number of nitrogens with one attached hydrogen (secondary N) is 2. The molecule has 2 N–H and O–H groups in total. The summed E-state index contributed by atoms with van der Waals surface area (Å²) in [6, 6.07) is 0. The highest BCUT2D eigenvalue weighted by atomic mass is 32.1. The number of hydrazone groups is 1. The number of esters is 1. The smallest absolute Gasteiger partial charge is 0.364 e. The third-order valence-electron chi connectivity index (χ3n) is 1.25. The van der Waals surface area contributed by atoms with Crippen LogP contribution < -0.4 is 10.7 Å². The summed E-state index contributed by atoms with van der Waals surface area (Å²) >= 11 is 3.88. The second-order valence-corrected chi connectivity index (χ2v) is 2.70. The van der Waals surface area contributed by atoms with Gasteiger partial charge in [-0.2, -0.15) is 5.10 Å². The Morgan fingerprint density at radius 2 is 2.46 bits per heavy atom. The topological polar surface area (TPSA) is 79.8 Å². The second kappa shape index (κ2) is 4.13. The molecule has 0 aromatic rings. The van der Waals surface area contributed by atoms with Crippen molar-refractivity contribution in [2.24, 2.45) is 5.10 Å². The lowest BCUT2D eigenvalue weighted by Crippen LogP contribution is -2.50. The molecule has 0 radical (unpaired) electrons. The van der Waals surface area contributed by atoms with E-state index >= 15 is 0 Å². The van der Waals surface area contributed by atoms with Gasteiger partial charge in [-0.15, -0.1) is 12.6 Å². The van der Waals surface area contributed by atoms with Crippen LogP contribution in [0.3, 0.4) is 0 Å². The van der Waals surface area contributed by atoms with Gasteiger partial charge in [0.05, 0.1) is 6.61 Å².